The van der Waals surface area contributed by atoms with Gasteiger partial charge in [0, 0.05) is 0 Å². The molecule has 0 spiro atoms. The average molecular weight is 124 g/mol. The summed E-state index contributed by atoms with van der Waals surface area (Å²) in [6.45, 7) is 0. The molecule has 0 aromatic rings. The van der Waals surface area contributed by atoms with Gasteiger partial charge in [0.15, 0.2) is 0 Å². The first-order chi connectivity index (χ1) is 2.00. The van der Waals surface area contributed by atoms with Gasteiger partial charge in [0.1, 0.15) is 0 Å². The molecule has 33 valence electrons. The third kappa shape index (κ3) is 188. The third-order valence-corrected chi connectivity index (χ3v) is 0. The van der Waals surface area contributed by atoms with Crippen molar-refractivity contribution in [3.8, 4) is 0 Å². The van der Waals surface area contributed by atoms with Crippen LogP contribution in [-0.2, 0) is 17.1 Å². The second kappa shape index (κ2) is 381. The average Bonchev–Trinajstić information content (AvgIpc) is 1.50. The van der Waals surface area contributed by atoms with Gasteiger partial charge in [-0.2, -0.15) is 0 Å². The van der Waals surface area contributed by atoms with Gasteiger partial charge in [-0.15, -0.1) is 0 Å². The first-order valence-electron chi connectivity index (χ1n) is 0.365. The van der Waals surface area contributed by atoms with Crippen molar-refractivity contribution in [2.75, 3.05) is 0 Å². The zero-order valence-electron chi connectivity index (χ0n) is 2.01. The van der Waals surface area contributed by atoms with E-state index in [4.69, 9.17) is 22.2 Å². The Kier molecular flexibility index (Phi) is 1390. The molecule has 0 aromatic carbocycles. The molecule has 0 aliphatic rings. The molecule has 0 atom stereocenters. The summed E-state index contributed by atoms with van der Waals surface area (Å²) in [5, 5.41) is 14.5. The number of rotatable bonds is 0. The first-order valence-corrected chi connectivity index (χ1v) is 0.365. The molecule has 0 N–H and O–H groups in total. The van der Waals surface area contributed by atoms with Gasteiger partial charge in [-0.05, 0) is 0 Å². The van der Waals surface area contributed by atoms with E-state index in [1.807, 2.05) is 0 Å². The van der Waals surface area contributed by atoms with Crippen LogP contribution in [0.1, 0.15) is 0 Å². The maximum atomic E-state index is 7.25. The fourth-order valence-corrected chi connectivity index (χ4v) is 0. The fourth-order valence-electron chi connectivity index (χ4n) is 0. The summed E-state index contributed by atoms with van der Waals surface area (Å²) in [6.07, 6.45) is 0. The van der Waals surface area contributed by atoms with Gasteiger partial charge in [-0.3, -0.25) is 0 Å². The van der Waals surface area contributed by atoms with Crippen molar-refractivity contribution in [2.24, 2.45) is 0 Å². The van der Waals surface area contributed by atoms with Crippen LogP contribution in [0.15, 0.2) is 0 Å². The van der Waals surface area contributed by atoms with E-state index in [-0.39, 0.29) is 17.1 Å². The summed E-state index contributed by atoms with van der Waals surface area (Å²) in [4.78, 5) is 0. The fraction of sp³-hybridized carbons (Fsp3) is 0. The molecule has 0 saturated heterocycles. The van der Waals surface area contributed by atoms with E-state index in [1.165, 1.54) is 0 Å². The first kappa shape index (κ1) is 18.3. The predicted molar refractivity (Wildman–Crippen MR) is 11.0 cm³/mol. The SMILES string of the molecule is [Cu+2].[N][O-].[N][O-]. The van der Waals surface area contributed by atoms with Crippen LogP contribution in [0, 0.1) is 10.4 Å². The van der Waals surface area contributed by atoms with Crippen LogP contribution in [0.25, 0.3) is 0 Å². The molecule has 0 aliphatic carbocycles. The standard InChI is InChI=1S/Cu.2NO/c;2*1-2/q+2;2*-1. The molecule has 0 amide bonds. The van der Waals surface area contributed by atoms with Crippen molar-refractivity contribution < 1.29 is 17.1 Å². The number of hydrogen-bond donors (Lipinski definition) is 0. The van der Waals surface area contributed by atoms with Gasteiger partial charge >= 0.3 is 17.1 Å². The van der Waals surface area contributed by atoms with Gasteiger partial charge in [-0.1, -0.05) is 0 Å². The molecule has 5 heteroatoms. The summed E-state index contributed by atoms with van der Waals surface area (Å²) in [6, 6.07) is 0. The second-order valence-electron chi connectivity index (χ2n) is 0. The van der Waals surface area contributed by atoms with E-state index in [1.54, 1.807) is 0 Å². The van der Waals surface area contributed by atoms with Crippen molar-refractivity contribution in [3.05, 3.63) is 10.4 Å². The largest absolute Gasteiger partial charge is 2.00 e. The molecule has 5 radical (unpaired) electrons. The van der Waals surface area contributed by atoms with E-state index in [0.717, 1.165) is 0 Å². The molecule has 0 aliphatic heterocycles. The Morgan fingerprint density at radius 2 is 0.800 bits per heavy atom. The summed E-state index contributed by atoms with van der Waals surface area (Å²) in [5.74, 6) is 11.5. The summed E-state index contributed by atoms with van der Waals surface area (Å²) in [7, 11) is 0. The van der Waals surface area contributed by atoms with E-state index in [9.17, 15) is 0 Å². The van der Waals surface area contributed by atoms with Crippen molar-refractivity contribution in [2.45, 2.75) is 0 Å². The second-order valence-corrected chi connectivity index (χ2v) is 0. The van der Waals surface area contributed by atoms with Gasteiger partial charge in [0.2, 0.25) is 0 Å². The van der Waals surface area contributed by atoms with Crippen LogP contribution in [0.2, 0.25) is 0 Å². The molecule has 0 aromatic heterocycles. The molecule has 5 heavy (non-hydrogen) atoms. The van der Waals surface area contributed by atoms with E-state index in [0.29, 0.717) is 0 Å². The van der Waals surface area contributed by atoms with Crippen molar-refractivity contribution in [1.82, 2.24) is 11.8 Å². The minimum absolute atomic E-state index is 0. The van der Waals surface area contributed by atoms with Gasteiger partial charge in [0.05, 0.1) is 0 Å². The van der Waals surface area contributed by atoms with E-state index >= 15 is 0 Å². The maximum absolute atomic E-state index is 7.25. The maximum Gasteiger partial charge on any atom is 2.00 e. The zero-order chi connectivity index (χ0) is 4.00. The molecule has 0 unspecified atom stereocenters. The Labute approximate surface area is 40.2 Å². The Hall–Kier alpha value is 0.359. The van der Waals surface area contributed by atoms with E-state index in [2.05, 4.69) is 0 Å². The quantitative estimate of drug-likeness (QED) is 0.309. The molecule has 0 saturated carbocycles. The Bertz CT molecular complexity index is 7.61. The van der Waals surface area contributed by atoms with Gasteiger partial charge in [-0.25, -0.2) is 11.8 Å². The third-order valence-electron chi connectivity index (χ3n) is 0. The Balaban J connectivity index is -0.0000000133. The normalized spacial score (nSPS) is 2.40. The minimum atomic E-state index is 0. The Morgan fingerprint density at radius 1 is 0.800 bits per heavy atom. The monoisotopic (exact) mass is 123 g/mol. The van der Waals surface area contributed by atoms with Crippen LogP contribution in [0.5, 0.6) is 0 Å². The summed E-state index contributed by atoms with van der Waals surface area (Å²) >= 11 is 0. The summed E-state index contributed by atoms with van der Waals surface area (Å²) in [5.41, 5.74) is 0. The Morgan fingerprint density at radius 3 is 0.800 bits per heavy atom. The molecule has 4 nitrogen and oxygen atoms in total. The van der Waals surface area contributed by atoms with Crippen LogP contribution < -0.4 is 11.8 Å². The van der Waals surface area contributed by atoms with Gasteiger partial charge in [0.25, 0.3) is 0 Å². The minimum Gasteiger partial charge on any atom is -0.757 e. The smallest absolute Gasteiger partial charge is 0.757 e. The van der Waals surface area contributed by atoms with Crippen LogP contribution >= 0.6 is 0 Å². The van der Waals surface area contributed by atoms with Crippen molar-refractivity contribution in [3.63, 3.8) is 0 Å². The number of hydrogen-bond acceptors (Lipinski definition) is 2. The van der Waals surface area contributed by atoms with Crippen molar-refractivity contribution in [1.29, 1.82) is 0 Å². The van der Waals surface area contributed by atoms with Crippen LogP contribution in [-0.4, -0.2) is 0 Å². The van der Waals surface area contributed by atoms with Gasteiger partial charge < -0.3 is 10.4 Å². The number of nitrogens with zero attached hydrogens (tertiary/aromatic N) is 2. The molecule has 0 bridgehead atoms. The van der Waals surface area contributed by atoms with Crippen molar-refractivity contribution >= 4 is 0 Å². The molecule has 0 fully saturated rings. The van der Waals surface area contributed by atoms with Crippen LogP contribution in [0.4, 0.5) is 0 Å². The molecule has 0 heterocycles. The van der Waals surface area contributed by atoms with E-state index < -0.39 is 0 Å². The zero-order valence-corrected chi connectivity index (χ0v) is 2.95. The topological polar surface area (TPSA) is 90.7 Å². The molecular formula is CuN2O2. The van der Waals surface area contributed by atoms with Crippen LogP contribution in [0.3, 0.4) is 0 Å². The summed E-state index contributed by atoms with van der Waals surface area (Å²) < 4.78 is 0. The molecular weight excluding hydrogens is 124 g/mol. The predicted octanol–water partition coefficient (Wildman–Crippen LogP) is -0.897. The molecule has 0 rings (SSSR count).